The second kappa shape index (κ2) is 7.23. The highest BCUT2D eigenvalue weighted by atomic mass is 16.5. The molecule has 0 atom stereocenters. The summed E-state index contributed by atoms with van der Waals surface area (Å²) in [6, 6.07) is 4.51. The van der Waals surface area contributed by atoms with Crippen LogP contribution in [-0.2, 0) is 0 Å². The molecule has 1 aromatic heterocycles. The van der Waals surface area contributed by atoms with E-state index in [4.69, 9.17) is 4.74 Å². The van der Waals surface area contributed by atoms with Gasteiger partial charge in [-0.3, -0.25) is 4.98 Å². The number of nitrogens with one attached hydrogen (secondary N) is 1. The zero-order chi connectivity index (χ0) is 11.8. The molecule has 0 fully saturated rings. The number of aromatic nitrogens is 1. The predicted molar refractivity (Wildman–Crippen MR) is 66.8 cm³/mol. The summed E-state index contributed by atoms with van der Waals surface area (Å²) in [6.45, 7) is 8.13. The molecule has 0 radical (unpaired) electrons. The van der Waals surface area contributed by atoms with Gasteiger partial charge in [0.25, 0.3) is 0 Å². The number of pyridine rings is 1. The van der Waals surface area contributed by atoms with Crippen molar-refractivity contribution in [2.45, 2.75) is 39.7 Å². The van der Waals surface area contributed by atoms with Crippen LogP contribution in [0.4, 0.5) is 0 Å². The highest BCUT2D eigenvalue weighted by Crippen LogP contribution is 2.08. The van der Waals surface area contributed by atoms with Gasteiger partial charge in [0.1, 0.15) is 5.75 Å². The average Bonchev–Trinajstić information content (AvgIpc) is 2.25. The van der Waals surface area contributed by atoms with E-state index in [-0.39, 0.29) is 0 Å². The number of rotatable bonds is 7. The van der Waals surface area contributed by atoms with Crippen LogP contribution in [0.2, 0.25) is 0 Å². The molecule has 0 bridgehead atoms. The Balaban J connectivity index is 2.05. The Kier molecular flexibility index (Phi) is 5.86. The van der Waals surface area contributed by atoms with Gasteiger partial charge in [-0.15, -0.1) is 0 Å². The lowest BCUT2D eigenvalue weighted by Crippen LogP contribution is -2.23. The van der Waals surface area contributed by atoms with E-state index in [1.807, 2.05) is 19.1 Å². The van der Waals surface area contributed by atoms with Gasteiger partial charge >= 0.3 is 0 Å². The molecule has 0 aliphatic heterocycles. The minimum absolute atomic E-state index is 0.571. The van der Waals surface area contributed by atoms with E-state index >= 15 is 0 Å². The van der Waals surface area contributed by atoms with Crippen molar-refractivity contribution >= 4 is 0 Å². The molecule has 1 N–H and O–H groups in total. The van der Waals surface area contributed by atoms with Crippen molar-refractivity contribution in [3.63, 3.8) is 0 Å². The van der Waals surface area contributed by atoms with Crippen LogP contribution in [0.15, 0.2) is 18.3 Å². The third-order valence-corrected chi connectivity index (χ3v) is 2.28. The van der Waals surface area contributed by atoms with E-state index in [2.05, 4.69) is 24.1 Å². The highest BCUT2D eigenvalue weighted by Gasteiger charge is 1.95. The summed E-state index contributed by atoms with van der Waals surface area (Å²) in [6.07, 6.45) is 4.01. The summed E-state index contributed by atoms with van der Waals surface area (Å²) >= 11 is 0. The molecule has 0 amide bonds. The fourth-order valence-electron chi connectivity index (χ4n) is 1.35. The molecule has 0 aromatic carbocycles. The van der Waals surface area contributed by atoms with Gasteiger partial charge in [0.2, 0.25) is 0 Å². The normalized spacial score (nSPS) is 10.8. The largest absolute Gasteiger partial charge is 0.492 e. The molecule has 1 heterocycles. The first-order chi connectivity index (χ1) is 7.68. The fraction of sp³-hybridized carbons (Fsp3) is 0.615. The van der Waals surface area contributed by atoms with Crippen LogP contribution >= 0.6 is 0 Å². The van der Waals surface area contributed by atoms with Gasteiger partial charge in [0, 0.05) is 11.7 Å². The predicted octanol–water partition coefficient (Wildman–Crippen LogP) is 2.55. The summed E-state index contributed by atoms with van der Waals surface area (Å²) in [5, 5.41) is 3.38. The number of hydrogen-bond donors (Lipinski definition) is 1. The average molecular weight is 222 g/mol. The smallest absolute Gasteiger partial charge is 0.137 e. The lowest BCUT2D eigenvalue weighted by atomic mass is 10.3. The fourth-order valence-corrected chi connectivity index (χ4v) is 1.35. The minimum atomic E-state index is 0.571. The van der Waals surface area contributed by atoms with Crippen molar-refractivity contribution in [2.75, 3.05) is 13.2 Å². The van der Waals surface area contributed by atoms with Gasteiger partial charge < -0.3 is 10.1 Å². The molecule has 0 spiro atoms. The maximum Gasteiger partial charge on any atom is 0.137 e. The van der Waals surface area contributed by atoms with Crippen molar-refractivity contribution < 1.29 is 4.74 Å². The molecular weight excluding hydrogens is 200 g/mol. The van der Waals surface area contributed by atoms with Crippen molar-refractivity contribution in [1.82, 2.24) is 10.3 Å². The van der Waals surface area contributed by atoms with Crippen LogP contribution in [0.3, 0.4) is 0 Å². The Morgan fingerprint density at radius 1 is 1.31 bits per heavy atom. The number of unbranched alkanes of at least 4 members (excludes halogenated alkanes) is 1. The van der Waals surface area contributed by atoms with Crippen molar-refractivity contribution in [2.24, 2.45) is 0 Å². The Morgan fingerprint density at radius 3 is 2.75 bits per heavy atom. The SMILES string of the molecule is Cc1ccc(OCCCCNC(C)C)cn1. The van der Waals surface area contributed by atoms with Crippen molar-refractivity contribution in [1.29, 1.82) is 0 Å². The van der Waals surface area contributed by atoms with E-state index in [1.165, 1.54) is 0 Å². The molecule has 1 aromatic rings. The summed E-state index contributed by atoms with van der Waals surface area (Å²) in [7, 11) is 0. The lowest BCUT2D eigenvalue weighted by Gasteiger charge is -2.08. The van der Waals surface area contributed by atoms with E-state index < -0.39 is 0 Å². The standard InChI is InChI=1S/C13H22N2O/c1-11(2)14-8-4-5-9-16-13-7-6-12(3)15-10-13/h6-7,10-11,14H,4-5,8-9H2,1-3H3. The van der Waals surface area contributed by atoms with Gasteiger partial charge in [0.05, 0.1) is 12.8 Å². The number of hydrogen-bond acceptors (Lipinski definition) is 3. The Hall–Kier alpha value is -1.09. The number of ether oxygens (including phenoxy) is 1. The molecule has 0 saturated heterocycles. The maximum atomic E-state index is 5.58. The van der Waals surface area contributed by atoms with E-state index in [9.17, 15) is 0 Å². The molecular formula is C13H22N2O. The molecule has 0 aliphatic carbocycles. The van der Waals surface area contributed by atoms with Crippen LogP contribution in [0.25, 0.3) is 0 Å². The highest BCUT2D eigenvalue weighted by molar-refractivity contribution is 5.18. The third-order valence-electron chi connectivity index (χ3n) is 2.28. The molecule has 90 valence electrons. The number of aryl methyl sites for hydroxylation is 1. The third kappa shape index (κ3) is 5.71. The van der Waals surface area contributed by atoms with Gasteiger partial charge in [-0.1, -0.05) is 13.8 Å². The zero-order valence-electron chi connectivity index (χ0n) is 10.5. The van der Waals surface area contributed by atoms with Gasteiger partial charge in [0.15, 0.2) is 0 Å². The van der Waals surface area contributed by atoms with E-state index in [0.717, 1.165) is 37.4 Å². The monoisotopic (exact) mass is 222 g/mol. The number of nitrogens with zero attached hydrogens (tertiary/aromatic N) is 1. The summed E-state index contributed by atoms with van der Waals surface area (Å²) in [4.78, 5) is 4.18. The Labute approximate surface area is 98.2 Å². The quantitative estimate of drug-likeness (QED) is 0.720. The first-order valence-electron chi connectivity index (χ1n) is 5.97. The summed E-state index contributed by atoms with van der Waals surface area (Å²) in [5.74, 6) is 0.863. The van der Waals surface area contributed by atoms with Gasteiger partial charge in [-0.2, -0.15) is 0 Å². The van der Waals surface area contributed by atoms with Gasteiger partial charge in [-0.25, -0.2) is 0 Å². The molecule has 1 rings (SSSR count). The molecule has 3 nitrogen and oxygen atoms in total. The van der Waals surface area contributed by atoms with Crippen LogP contribution in [0.5, 0.6) is 5.75 Å². The molecule has 16 heavy (non-hydrogen) atoms. The molecule has 0 unspecified atom stereocenters. The van der Waals surface area contributed by atoms with Crippen LogP contribution < -0.4 is 10.1 Å². The minimum Gasteiger partial charge on any atom is -0.492 e. The maximum absolute atomic E-state index is 5.58. The Morgan fingerprint density at radius 2 is 2.12 bits per heavy atom. The first-order valence-corrected chi connectivity index (χ1v) is 5.97. The summed E-state index contributed by atoms with van der Waals surface area (Å²) < 4.78 is 5.58. The summed E-state index contributed by atoms with van der Waals surface area (Å²) in [5.41, 5.74) is 1.02. The van der Waals surface area contributed by atoms with Crippen LogP contribution in [0.1, 0.15) is 32.4 Å². The molecule has 3 heteroatoms. The Bertz CT molecular complexity index is 282. The first kappa shape index (κ1) is 13.0. The van der Waals surface area contributed by atoms with E-state index in [1.54, 1.807) is 6.20 Å². The zero-order valence-corrected chi connectivity index (χ0v) is 10.5. The lowest BCUT2D eigenvalue weighted by molar-refractivity contribution is 0.304. The van der Waals surface area contributed by atoms with Crippen molar-refractivity contribution in [3.05, 3.63) is 24.0 Å². The van der Waals surface area contributed by atoms with Gasteiger partial charge in [-0.05, 0) is 38.4 Å². The van der Waals surface area contributed by atoms with E-state index in [0.29, 0.717) is 6.04 Å². The topological polar surface area (TPSA) is 34.1 Å². The second-order valence-electron chi connectivity index (χ2n) is 4.30. The molecule has 0 aliphatic rings. The van der Waals surface area contributed by atoms with Crippen LogP contribution in [0, 0.1) is 6.92 Å². The second-order valence-corrected chi connectivity index (χ2v) is 4.30. The van der Waals surface area contributed by atoms with Crippen molar-refractivity contribution in [3.8, 4) is 5.75 Å². The van der Waals surface area contributed by atoms with Crippen LogP contribution in [-0.4, -0.2) is 24.2 Å². The molecule has 0 saturated carbocycles.